The van der Waals surface area contributed by atoms with Gasteiger partial charge in [0.1, 0.15) is 5.75 Å². The molecule has 0 atom stereocenters. The molecule has 1 N–H and O–H groups in total. The third kappa shape index (κ3) is 2.86. The highest BCUT2D eigenvalue weighted by Gasteiger charge is 2.27. The molecule has 1 aromatic carbocycles. The topological polar surface area (TPSA) is 38.3 Å². The van der Waals surface area contributed by atoms with Crippen molar-refractivity contribution in [2.75, 3.05) is 12.5 Å². The van der Waals surface area contributed by atoms with E-state index >= 15 is 0 Å². The Morgan fingerprint density at radius 2 is 2.16 bits per heavy atom. The van der Waals surface area contributed by atoms with Crippen LogP contribution in [0.15, 0.2) is 18.2 Å². The third-order valence-corrected chi connectivity index (χ3v) is 4.45. The van der Waals surface area contributed by atoms with Gasteiger partial charge in [0.25, 0.3) is 5.91 Å². The van der Waals surface area contributed by atoms with Crippen LogP contribution < -0.4 is 10.1 Å². The summed E-state index contributed by atoms with van der Waals surface area (Å²) < 4.78 is 5.44. The number of benzene rings is 1. The lowest BCUT2D eigenvalue weighted by atomic mass is 9.94. The van der Waals surface area contributed by atoms with E-state index in [9.17, 15) is 4.79 Å². The lowest BCUT2D eigenvalue weighted by Crippen LogP contribution is -2.49. The molecule has 19 heavy (non-hydrogen) atoms. The van der Waals surface area contributed by atoms with Gasteiger partial charge in [0.15, 0.2) is 0 Å². The maximum atomic E-state index is 12.3. The Hall–Kier alpha value is -1.22. The largest absolute Gasteiger partial charge is 0.493 e. The van der Waals surface area contributed by atoms with Crippen molar-refractivity contribution in [3.05, 3.63) is 29.3 Å². The van der Waals surface area contributed by atoms with Crippen molar-refractivity contribution >= 4 is 17.5 Å². The van der Waals surface area contributed by atoms with E-state index in [4.69, 9.17) is 16.3 Å². The van der Waals surface area contributed by atoms with Gasteiger partial charge < -0.3 is 10.1 Å². The van der Waals surface area contributed by atoms with Crippen molar-refractivity contribution in [3.63, 3.8) is 0 Å². The molecule has 1 aromatic rings. The van der Waals surface area contributed by atoms with Crippen LogP contribution in [0, 0.1) is 0 Å². The Morgan fingerprint density at radius 3 is 2.79 bits per heavy atom. The second-order valence-electron chi connectivity index (χ2n) is 5.00. The molecule has 0 saturated heterocycles. The molecule has 0 saturated carbocycles. The summed E-state index contributed by atoms with van der Waals surface area (Å²) in [5, 5.41) is 3.08. The van der Waals surface area contributed by atoms with E-state index in [1.807, 2.05) is 32.0 Å². The van der Waals surface area contributed by atoms with Crippen LogP contribution in [0.1, 0.15) is 42.6 Å². The van der Waals surface area contributed by atoms with Crippen LogP contribution in [-0.2, 0) is 6.42 Å². The molecule has 0 radical (unpaired) electrons. The number of hydrogen-bond acceptors (Lipinski definition) is 2. The number of rotatable bonds is 5. The smallest absolute Gasteiger partial charge is 0.251 e. The van der Waals surface area contributed by atoms with Crippen molar-refractivity contribution in [2.24, 2.45) is 0 Å². The molecular formula is C15H20ClNO2. The zero-order valence-electron chi connectivity index (χ0n) is 11.5. The molecule has 1 amide bonds. The van der Waals surface area contributed by atoms with Crippen LogP contribution in [0.2, 0.25) is 0 Å². The first kappa shape index (κ1) is 14.2. The zero-order valence-corrected chi connectivity index (χ0v) is 12.2. The second-order valence-corrected chi connectivity index (χ2v) is 5.26. The highest BCUT2D eigenvalue weighted by Crippen LogP contribution is 2.26. The first-order chi connectivity index (χ1) is 9.14. The summed E-state index contributed by atoms with van der Waals surface area (Å²) in [6, 6.07) is 5.60. The summed E-state index contributed by atoms with van der Waals surface area (Å²) in [7, 11) is 0. The maximum absolute atomic E-state index is 12.3. The summed E-state index contributed by atoms with van der Waals surface area (Å²) in [6.07, 6.45) is 2.53. The molecule has 0 fully saturated rings. The molecule has 2 rings (SSSR count). The van der Waals surface area contributed by atoms with E-state index in [2.05, 4.69) is 5.32 Å². The predicted molar refractivity (Wildman–Crippen MR) is 77.1 cm³/mol. The highest BCUT2D eigenvalue weighted by molar-refractivity contribution is 6.19. The normalized spacial score (nSPS) is 13.8. The summed E-state index contributed by atoms with van der Waals surface area (Å²) in [4.78, 5) is 12.3. The van der Waals surface area contributed by atoms with Crippen molar-refractivity contribution in [1.29, 1.82) is 0 Å². The number of carbonyl (C=O) groups excluding carboxylic acids is 1. The fraction of sp³-hybridized carbons (Fsp3) is 0.533. The molecule has 0 spiro atoms. The van der Waals surface area contributed by atoms with Gasteiger partial charge in [0, 0.05) is 17.9 Å². The Balaban J connectivity index is 2.16. The van der Waals surface area contributed by atoms with Crippen LogP contribution in [-0.4, -0.2) is 23.9 Å². The monoisotopic (exact) mass is 281 g/mol. The van der Waals surface area contributed by atoms with E-state index in [0.29, 0.717) is 18.1 Å². The molecule has 0 aliphatic carbocycles. The molecule has 1 heterocycles. The van der Waals surface area contributed by atoms with Gasteiger partial charge in [-0.25, -0.2) is 0 Å². The van der Waals surface area contributed by atoms with E-state index in [0.717, 1.165) is 30.6 Å². The summed E-state index contributed by atoms with van der Waals surface area (Å²) in [5.41, 5.74) is 1.48. The lowest BCUT2D eigenvalue weighted by molar-refractivity contribution is 0.0902. The van der Waals surface area contributed by atoms with Crippen molar-refractivity contribution in [2.45, 2.75) is 38.6 Å². The van der Waals surface area contributed by atoms with E-state index in [1.54, 1.807) is 0 Å². The standard InChI is InChI=1S/C15H20ClNO2/c1-3-15(4-2,10-16)17-14(18)12-5-6-13-11(9-12)7-8-19-13/h5-6,9H,3-4,7-8,10H2,1-2H3,(H,17,18). The Morgan fingerprint density at radius 1 is 1.42 bits per heavy atom. The highest BCUT2D eigenvalue weighted by atomic mass is 35.5. The molecular weight excluding hydrogens is 262 g/mol. The first-order valence-corrected chi connectivity index (χ1v) is 7.32. The predicted octanol–water partition coefficient (Wildman–Crippen LogP) is 3.15. The minimum Gasteiger partial charge on any atom is -0.493 e. The van der Waals surface area contributed by atoms with Gasteiger partial charge in [-0.1, -0.05) is 13.8 Å². The minimum atomic E-state index is -0.311. The molecule has 1 aliphatic rings. The molecule has 0 unspecified atom stereocenters. The second kappa shape index (κ2) is 5.83. The number of halogens is 1. The Labute approximate surface area is 119 Å². The van der Waals surface area contributed by atoms with Crippen molar-refractivity contribution in [3.8, 4) is 5.75 Å². The molecule has 4 heteroatoms. The number of carbonyl (C=O) groups is 1. The fourth-order valence-corrected chi connectivity index (χ4v) is 2.73. The third-order valence-electron chi connectivity index (χ3n) is 3.94. The number of amides is 1. The average Bonchev–Trinajstić information content (AvgIpc) is 2.92. The first-order valence-electron chi connectivity index (χ1n) is 6.78. The summed E-state index contributed by atoms with van der Waals surface area (Å²) in [5.74, 6) is 1.27. The zero-order chi connectivity index (χ0) is 13.9. The molecule has 1 aliphatic heterocycles. The van der Waals surface area contributed by atoms with Gasteiger partial charge in [0.2, 0.25) is 0 Å². The molecule has 104 valence electrons. The Bertz CT molecular complexity index is 461. The SMILES string of the molecule is CCC(CC)(CCl)NC(=O)c1ccc2c(c1)CCO2. The van der Waals surface area contributed by atoms with Gasteiger partial charge >= 0.3 is 0 Å². The number of ether oxygens (including phenoxy) is 1. The van der Waals surface area contributed by atoms with Crippen LogP contribution in [0.3, 0.4) is 0 Å². The maximum Gasteiger partial charge on any atom is 0.251 e. The fourth-order valence-electron chi connectivity index (χ4n) is 2.29. The van der Waals surface area contributed by atoms with Gasteiger partial charge in [-0.3, -0.25) is 4.79 Å². The van der Waals surface area contributed by atoms with Gasteiger partial charge in [-0.2, -0.15) is 0 Å². The van der Waals surface area contributed by atoms with Gasteiger partial charge in [0.05, 0.1) is 12.1 Å². The molecule has 0 bridgehead atoms. The lowest BCUT2D eigenvalue weighted by Gasteiger charge is -2.30. The number of fused-ring (bicyclic) bond motifs is 1. The average molecular weight is 282 g/mol. The van der Waals surface area contributed by atoms with Gasteiger partial charge in [-0.05, 0) is 36.6 Å². The van der Waals surface area contributed by atoms with Crippen LogP contribution in [0.25, 0.3) is 0 Å². The van der Waals surface area contributed by atoms with Gasteiger partial charge in [-0.15, -0.1) is 11.6 Å². The minimum absolute atomic E-state index is 0.0564. The van der Waals surface area contributed by atoms with E-state index in [1.165, 1.54) is 0 Å². The van der Waals surface area contributed by atoms with Crippen LogP contribution in [0.4, 0.5) is 0 Å². The molecule has 0 aromatic heterocycles. The van der Waals surface area contributed by atoms with E-state index in [-0.39, 0.29) is 11.4 Å². The Kier molecular flexibility index (Phi) is 4.35. The summed E-state index contributed by atoms with van der Waals surface area (Å²) in [6.45, 7) is 4.79. The van der Waals surface area contributed by atoms with Crippen molar-refractivity contribution < 1.29 is 9.53 Å². The molecule has 3 nitrogen and oxygen atoms in total. The van der Waals surface area contributed by atoms with Crippen molar-refractivity contribution in [1.82, 2.24) is 5.32 Å². The summed E-state index contributed by atoms with van der Waals surface area (Å²) >= 11 is 6.02. The van der Waals surface area contributed by atoms with E-state index < -0.39 is 0 Å². The number of hydrogen-bond donors (Lipinski definition) is 1. The van der Waals surface area contributed by atoms with Crippen LogP contribution in [0.5, 0.6) is 5.75 Å². The van der Waals surface area contributed by atoms with Crippen LogP contribution >= 0.6 is 11.6 Å². The number of alkyl halides is 1. The quantitative estimate of drug-likeness (QED) is 0.842. The number of nitrogens with one attached hydrogen (secondary N) is 1.